The average molecular weight is 302 g/mol. The lowest BCUT2D eigenvalue weighted by molar-refractivity contribution is -0.114. The van der Waals surface area contributed by atoms with Crippen LogP contribution in [0, 0.1) is 13.8 Å². The van der Waals surface area contributed by atoms with Crippen molar-refractivity contribution in [3.05, 3.63) is 51.2 Å². The van der Waals surface area contributed by atoms with Gasteiger partial charge in [0.2, 0.25) is 5.91 Å². The first-order valence-electron chi connectivity index (χ1n) is 7.12. The van der Waals surface area contributed by atoms with E-state index in [0.717, 1.165) is 12.2 Å². The number of nitrogens with one attached hydrogen (secondary N) is 2. The van der Waals surface area contributed by atoms with Crippen LogP contribution in [-0.4, -0.2) is 5.91 Å². The Morgan fingerprint density at radius 1 is 1.29 bits per heavy atom. The number of aryl methyl sites for hydroxylation is 2. The third-order valence-corrected chi connectivity index (χ3v) is 4.66. The molecule has 112 valence electrons. The second kappa shape index (κ2) is 6.87. The van der Waals surface area contributed by atoms with E-state index in [-0.39, 0.29) is 11.9 Å². The van der Waals surface area contributed by atoms with Gasteiger partial charge in [-0.1, -0.05) is 12.1 Å². The summed E-state index contributed by atoms with van der Waals surface area (Å²) in [5.74, 6) is -0.0442. The molecule has 0 aliphatic rings. The highest BCUT2D eigenvalue weighted by Gasteiger charge is 2.08. The van der Waals surface area contributed by atoms with E-state index in [1.807, 2.05) is 29.5 Å². The van der Waals surface area contributed by atoms with Crippen molar-refractivity contribution in [2.45, 2.75) is 40.3 Å². The van der Waals surface area contributed by atoms with Crippen LogP contribution >= 0.6 is 11.3 Å². The molecule has 1 aromatic carbocycles. The number of hydrogen-bond donors (Lipinski definition) is 2. The molecule has 0 spiro atoms. The Hall–Kier alpha value is -1.65. The Morgan fingerprint density at radius 2 is 2.05 bits per heavy atom. The molecule has 21 heavy (non-hydrogen) atoms. The fourth-order valence-electron chi connectivity index (χ4n) is 2.20. The van der Waals surface area contributed by atoms with Crippen molar-refractivity contribution >= 4 is 22.9 Å². The number of thiophene rings is 1. The van der Waals surface area contributed by atoms with Crippen LogP contribution in [0.25, 0.3) is 0 Å². The fraction of sp³-hybridized carbons (Fsp3) is 0.353. The van der Waals surface area contributed by atoms with Crippen LogP contribution in [0.1, 0.15) is 40.8 Å². The van der Waals surface area contributed by atoms with Gasteiger partial charge in [-0.05, 0) is 50.1 Å². The Morgan fingerprint density at radius 3 is 2.67 bits per heavy atom. The summed E-state index contributed by atoms with van der Waals surface area (Å²) in [5.41, 5.74) is 3.37. The van der Waals surface area contributed by atoms with Crippen molar-refractivity contribution in [3.63, 3.8) is 0 Å². The first kappa shape index (κ1) is 15.7. The molecule has 2 rings (SSSR count). The standard InChI is InChI=1S/C17H22N2OS/c1-11-8-17(21-13(11)3)10-18-12(2)15-6-5-7-16(9-15)19-14(4)20/h5-9,12,18H,10H2,1-4H3,(H,19,20). The molecule has 1 aromatic heterocycles. The zero-order chi connectivity index (χ0) is 15.4. The predicted octanol–water partition coefficient (Wildman–Crippen LogP) is 4.17. The molecule has 1 heterocycles. The lowest BCUT2D eigenvalue weighted by Gasteiger charge is -2.15. The summed E-state index contributed by atoms with van der Waals surface area (Å²) >= 11 is 1.84. The van der Waals surface area contributed by atoms with Gasteiger partial charge < -0.3 is 10.6 Å². The topological polar surface area (TPSA) is 41.1 Å². The first-order valence-corrected chi connectivity index (χ1v) is 7.94. The van der Waals surface area contributed by atoms with E-state index < -0.39 is 0 Å². The van der Waals surface area contributed by atoms with Crippen LogP contribution in [0.15, 0.2) is 30.3 Å². The van der Waals surface area contributed by atoms with Crippen LogP contribution in [-0.2, 0) is 11.3 Å². The maximum Gasteiger partial charge on any atom is 0.221 e. The van der Waals surface area contributed by atoms with Crippen molar-refractivity contribution < 1.29 is 4.79 Å². The Kier molecular flexibility index (Phi) is 5.15. The van der Waals surface area contributed by atoms with Crippen LogP contribution in [0.2, 0.25) is 0 Å². The minimum Gasteiger partial charge on any atom is -0.326 e. The first-order chi connectivity index (χ1) is 9.95. The molecule has 0 saturated carbocycles. The molecule has 0 fully saturated rings. The highest BCUT2D eigenvalue weighted by Crippen LogP contribution is 2.22. The van der Waals surface area contributed by atoms with Gasteiger partial charge >= 0.3 is 0 Å². The van der Waals surface area contributed by atoms with E-state index in [1.165, 1.54) is 27.8 Å². The number of anilines is 1. The molecule has 2 aromatic rings. The van der Waals surface area contributed by atoms with Crippen molar-refractivity contribution in [2.24, 2.45) is 0 Å². The zero-order valence-electron chi connectivity index (χ0n) is 13.0. The predicted molar refractivity (Wildman–Crippen MR) is 89.8 cm³/mol. The zero-order valence-corrected chi connectivity index (χ0v) is 13.8. The maximum atomic E-state index is 11.1. The molecule has 0 radical (unpaired) electrons. The van der Waals surface area contributed by atoms with Crippen LogP contribution < -0.4 is 10.6 Å². The molecule has 1 unspecified atom stereocenters. The summed E-state index contributed by atoms with van der Waals surface area (Å²) in [5, 5.41) is 6.35. The van der Waals surface area contributed by atoms with Crippen LogP contribution in [0.4, 0.5) is 5.69 Å². The molecule has 0 aliphatic carbocycles. The number of carbonyl (C=O) groups excluding carboxylic acids is 1. The highest BCUT2D eigenvalue weighted by molar-refractivity contribution is 7.12. The normalized spacial score (nSPS) is 12.2. The number of hydrogen-bond acceptors (Lipinski definition) is 3. The van der Waals surface area contributed by atoms with Gasteiger partial charge in [-0.15, -0.1) is 11.3 Å². The van der Waals surface area contributed by atoms with Gasteiger partial charge in [-0.25, -0.2) is 0 Å². The summed E-state index contributed by atoms with van der Waals surface area (Å²) < 4.78 is 0. The van der Waals surface area contributed by atoms with Gasteiger partial charge in [0.05, 0.1) is 0 Å². The summed E-state index contributed by atoms with van der Waals surface area (Å²) in [6.45, 7) is 8.83. The number of benzene rings is 1. The van der Waals surface area contributed by atoms with Crippen molar-refractivity contribution in [2.75, 3.05) is 5.32 Å². The third-order valence-electron chi connectivity index (χ3n) is 3.51. The minimum absolute atomic E-state index is 0.0442. The van der Waals surface area contributed by atoms with Crippen LogP contribution in [0.5, 0.6) is 0 Å². The highest BCUT2D eigenvalue weighted by atomic mass is 32.1. The van der Waals surface area contributed by atoms with Gasteiger partial charge in [0.1, 0.15) is 0 Å². The second-order valence-corrected chi connectivity index (χ2v) is 6.70. The molecule has 3 nitrogen and oxygen atoms in total. The van der Waals surface area contributed by atoms with Crippen molar-refractivity contribution in [3.8, 4) is 0 Å². The maximum absolute atomic E-state index is 11.1. The van der Waals surface area contributed by atoms with E-state index in [9.17, 15) is 4.79 Å². The minimum atomic E-state index is -0.0442. The summed E-state index contributed by atoms with van der Waals surface area (Å²) in [6.07, 6.45) is 0. The quantitative estimate of drug-likeness (QED) is 0.870. The monoisotopic (exact) mass is 302 g/mol. The molecule has 0 aliphatic heterocycles. The molecule has 2 N–H and O–H groups in total. The van der Waals surface area contributed by atoms with E-state index in [0.29, 0.717) is 0 Å². The smallest absolute Gasteiger partial charge is 0.221 e. The van der Waals surface area contributed by atoms with Crippen LogP contribution in [0.3, 0.4) is 0 Å². The molecule has 0 bridgehead atoms. The molecule has 4 heteroatoms. The van der Waals surface area contributed by atoms with Gasteiger partial charge in [0.15, 0.2) is 0 Å². The average Bonchev–Trinajstić information content (AvgIpc) is 2.75. The molecular formula is C17H22N2OS. The number of carbonyl (C=O) groups is 1. The van der Waals surface area contributed by atoms with Gasteiger partial charge in [-0.3, -0.25) is 4.79 Å². The van der Waals surface area contributed by atoms with E-state index in [2.05, 4.69) is 43.5 Å². The van der Waals surface area contributed by atoms with Gasteiger partial charge in [-0.2, -0.15) is 0 Å². The fourth-order valence-corrected chi connectivity index (χ4v) is 3.20. The Balaban J connectivity index is 1.99. The SMILES string of the molecule is CC(=O)Nc1cccc(C(C)NCc2cc(C)c(C)s2)c1. The van der Waals surface area contributed by atoms with Gasteiger partial charge in [0.25, 0.3) is 0 Å². The Labute approximate surface area is 130 Å². The van der Waals surface area contributed by atoms with Crippen molar-refractivity contribution in [1.29, 1.82) is 0 Å². The van der Waals surface area contributed by atoms with Gasteiger partial charge in [0, 0.05) is 35.0 Å². The second-order valence-electron chi connectivity index (χ2n) is 5.36. The van der Waals surface area contributed by atoms with E-state index in [1.54, 1.807) is 0 Å². The largest absolute Gasteiger partial charge is 0.326 e. The number of rotatable bonds is 5. The molecule has 1 atom stereocenters. The van der Waals surface area contributed by atoms with E-state index >= 15 is 0 Å². The molecular weight excluding hydrogens is 280 g/mol. The lowest BCUT2D eigenvalue weighted by Crippen LogP contribution is -2.17. The number of amides is 1. The summed E-state index contributed by atoms with van der Waals surface area (Å²) in [4.78, 5) is 13.9. The lowest BCUT2D eigenvalue weighted by atomic mass is 10.1. The third kappa shape index (κ3) is 4.41. The van der Waals surface area contributed by atoms with Crippen molar-refractivity contribution in [1.82, 2.24) is 5.32 Å². The molecule has 0 saturated heterocycles. The summed E-state index contributed by atoms with van der Waals surface area (Å²) in [7, 11) is 0. The Bertz CT molecular complexity index is 614. The summed E-state index contributed by atoms with van der Waals surface area (Å²) in [6, 6.07) is 10.5. The molecule has 1 amide bonds. The van der Waals surface area contributed by atoms with E-state index in [4.69, 9.17) is 0 Å².